The molecule has 4 fully saturated rings. The van der Waals surface area contributed by atoms with Crippen LogP contribution in [0.5, 0.6) is 5.75 Å². The van der Waals surface area contributed by atoms with Gasteiger partial charge in [-0.3, -0.25) is 4.74 Å². The van der Waals surface area contributed by atoms with Crippen molar-refractivity contribution in [2.24, 2.45) is 22.7 Å². The molecule has 2 saturated heterocycles. The first-order valence-electron chi connectivity index (χ1n) is 14.1. The molecule has 8 heteroatoms. The molecule has 5 unspecified atom stereocenters. The van der Waals surface area contributed by atoms with E-state index in [9.17, 15) is 18.0 Å². The van der Waals surface area contributed by atoms with Gasteiger partial charge >= 0.3 is 12.5 Å². The average Bonchev–Trinajstić information content (AvgIpc) is 3.19. The number of rotatable bonds is 2. The minimum atomic E-state index is -4.58. The number of ether oxygens (including phenoxy) is 3. The van der Waals surface area contributed by atoms with Crippen molar-refractivity contribution in [3.05, 3.63) is 29.3 Å². The fraction of sp³-hybridized carbons (Fsp3) is 0.759. The number of aryl methyl sites for hydroxylation is 1. The van der Waals surface area contributed by atoms with Crippen molar-refractivity contribution >= 4 is 6.09 Å². The molecule has 1 aromatic rings. The first-order valence-corrected chi connectivity index (χ1v) is 14.1. The molecule has 2 aliphatic heterocycles. The standard InChI is InChI=1S/C29H38F3NO4/c1-27-9-8-22-21-5-3-20(36-26(34)33-14-10-28(11-15-33)12-16-35-17-13-28)18-19(21)2-4-23(22)24(27)6-7-25(27)37-29(30,31)32/h3,5,18,22-25H,2,4,6-17H2,1H3. The van der Waals surface area contributed by atoms with Crippen LogP contribution in [-0.4, -0.2) is 49.8 Å². The van der Waals surface area contributed by atoms with E-state index >= 15 is 0 Å². The van der Waals surface area contributed by atoms with Gasteiger partial charge in [0, 0.05) is 26.3 Å². The molecule has 5 aliphatic rings. The lowest BCUT2D eigenvalue weighted by atomic mass is 9.55. The average molecular weight is 522 g/mol. The van der Waals surface area contributed by atoms with Crippen molar-refractivity contribution < 1.29 is 32.2 Å². The van der Waals surface area contributed by atoms with E-state index in [0.29, 0.717) is 29.4 Å². The summed E-state index contributed by atoms with van der Waals surface area (Å²) in [7, 11) is 0. The van der Waals surface area contributed by atoms with Crippen LogP contribution in [0.15, 0.2) is 18.2 Å². The van der Waals surface area contributed by atoms with Crippen LogP contribution in [0.4, 0.5) is 18.0 Å². The maximum atomic E-state index is 13.0. The summed E-state index contributed by atoms with van der Waals surface area (Å²) in [4.78, 5) is 14.7. The largest absolute Gasteiger partial charge is 0.522 e. The highest BCUT2D eigenvalue weighted by molar-refractivity contribution is 5.71. The molecule has 5 nitrogen and oxygen atoms in total. The maximum Gasteiger partial charge on any atom is 0.522 e. The van der Waals surface area contributed by atoms with Gasteiger partial charge in [0.1, 0.15) is 5.75 Å². The lowest BCUT2D eigenvalue weighted by molar-refractivity contribution is -0.354. The Kier molecular flexibility index (Phi) is 6.50. The number of piperidine rings is 1. The van der Waals surface area contributed by atoms with Gasteiger partial charge in [-0.25, -0.2) is 4.79 Å². The highest BCUT2D eigenvalue weighted by atomic mass is 19.4. The molecule has 1 amide bonds. The predicted octanol–water partition coefficient (Wildman–Crippen LogP) is 6.84. The summed E-state index contributed by atoms with van der Waals surface area (Å²) >= 11 is 0. The van der Waals surface area contributed by atoms with E-state index in [0.717, 1.165) is 84.1 Å². The van der Waals surface area contributed by atoms with Crippen molar-refractivity contribution in [3.8, 4) is 5.75 Å². The lowest BCUT2D eigenvalue weighted by Crippen LogP contribution is -2.46. The maximum absolute atomic E-state index is 13.0. The van der Waals surface area contributed by atoms with Crippen molar-refractivity contribution in [3.63, 3.8) is 0 Å². The normalized spacial score (nSPS) is 35.0. The molecule has 2 saturated carbocycles. The molecular formula is C29H38F3NO4. The molecule has 2 heterocycles. The van der Waals surface area contributed by atoms with Crippen molar-refractivity contribution in [2.45, 2.75) is 89.5 Å². The molecule has 0 N–H and O–H groups in total. The monoisotopic (exact) mass is 521 g/mol. The molecule has 37 heavy (non-hydrogen) atoms. The Morgan fingerprint density at radius 1 is 1.03 bits per heavy atom. The van der Waals surface area contributed by atoms with E-state index in [1.165, 1.54) is 11.1 Å². The second-order valence-electron chi connectivity index (χ2n) is 12.4. The van der Waals surface area contributed by atoms with E-state index < -0.39 is 17.9 Å². The summed E-state index contributed by atoms with van der Waals surface area (Å²) in [6.07, 6.45) is 3.33. The summed E-state index contributed by atoms with van der Waals surface area (Å²) in [5, 5.41) is 0. The Balaban J connectivity index is 1.10. The van der Waals surface area contributed by atoms with E-state index in [4.69, 9.17) is 9.47 Å². The van der Waals surface area contributed by atoms with Crippen LogP contribution in [0, 0.1) is 22.7 Å². The van der Waals surface area contributed by atoms with E-state index in [1.54, 1.807) is 0 Å². The number of carbonyl (C=O) groups is 1. The lowest BCUT2D eigenvalue weighted by Gasteiger charge is -2.50. The second-order valence-corrected chi connectivity index (χ2v) is 12.4. The van der Waals surface area contributed by atoms with Crippen LogP contribution in [0.3, 0.4) is 0 Å². The highest BCUT2D eigenvalue weighted by Crippen LogP contribution is 2.62. The minimum Gasteiger partial charge on any atom is -0.410 e. The molecule has 1 aromatic carbocycles. The van der Waals surface area contributed by atoms with Crippen molar-refractivity contribution in [2.75, 3.05) is 26.3 Å². The first kappa shape index (κ1) is 25.5. The van der Waals surface area contributed by atoms with Gasteiger partial charge in [-0.1, -0.05) is 13.0 Å². The van der Waals surface area contributed by atoms with Gasteiger partial charge in [0.2, 0.25) is 0 Å². The van der Waals surface area contributed by atoms with Crippen LogP contribution in [0.1, 0.15) is 81.8 Å². The van der Waals surface area contributed by atoms with Gasteiger partial charge in [0.05, 0.1) is 6.10 Å². The third-order valence-corrected chi connectivity index (χ3v) is 10.7. The third-order valence-electron chi connectivity index (χ3n) is 10.7. The minimum absolute atomic E-state index is 0.252. The number of nitrogens with zero attached hydrogens (tertiary/aromatic N) is 1. The van der Waals surface area contributed by atoms with Crippen molar-refractivity contribution in [1.82, 2.24) is 4.90 Å². The number of amides is 1. The molecule has 5 atom stereocenters. The van der Waals surface area contributed by atoms with Gasteiger partial charge in [-0.05, 0) is 116 Å². The predicted molar refractivity (Wildman–Crippen MR) is 131 cm³/mol. The topological polar surface area (TPSA) is 48.0 Å². The molecule has 0 bridgehead atoms. The van der Waals surface area contributed by atoms with Gasteiger partial charge in [0.15, 0.2) is 0 Å². The summed E-state index contributed by atoms with van der Waals surface area (Å²) in [6.45, 7) is 5.12. The zero-order chi connectivity index (χ0) is 25.8. The van der Waals surface area contributed by atoms with E-state index in [-0.39, 0.29) is 12.0 Å². The Labute approximate surface area is 217 Å². The zero-order valence-electron chi connectivity index (χ0n) is 21.7. The van der Waals surface area contributed by atoms with Crippen molar-refractivity contribution in [1.29, 1.82) is 0 Å². The fourth-order valence-corrected chi connectivity index (χ4v) is 8.56. The molecule has 1 spiro atoms. The van der Waals surface area contributed by atoms with Crippen LogP contribution >= 0.6 is 0 Å². The van der Waals surface area contributed by atoms with Gasteiger partial charge in [-0.2, -0.15) is 0 Å². The number of halogens is 3. The number of hydrogen-bond donors (Lipinski definition) is 0. The van der Waals surface area contributed by atoms with E-state index in [1.807, 2.05) is 24.0 Å². The Hall–Kier alpha value is -1.80. The first-order chi connectivity index (χ1) is 17.7. The second kappa shape index (κ2) is 9.44. The smallest absolute Gasteiger partial charge is 0.410 e. The van der Waals surface area contributed by atoms with Gasteiger partial charge in [0.25, 0.3) is 0 Å². The number of benzene rings is 1. The Morgan fingerprint density at radius 3 is 2.51 bits per heavy atom. The van der Waals surface area contributed by atoms with Crippen LogP contribution in [0.25, 0.3) is 0 Å². The SMILES string of the molecule is CC12CCC3c4ccc(OC(=O)N5CCC6(CCOCC6)CC5)cc4CCC3C1CCC2OC(F)(F)F. The quantitative estimate of drug-likeness (QED) is 0.428. The molecular weight excluding hydrogens is 483 g/mol. The van der Waals surface area contributed by atoms with Gasteiger partial charge < -0.3 is 14.4 Å². The Morgan fingerprint density at radius 2 is 1.78 bits per heavy atom. The van der Waals surface area contributed by atoms with E-state index in [2.05, 4.69) is 10.8 Å². The molecule has 0 radical (unpaired) electrons. The highest BCUT2D eigenvalue weighted by Gasteiger charge is 2.57. The number of hydrogen-bond acceptors (Lipinski definition) is 4. The summed E-state index contributed by atoms with van der Waals surface area (Å²) in [6, 6.07) is 6.02. The fourth-order valence-electron chi connectivity index (χ4n) is 8.56. The summed E-state index contributed by atoms with van der Waals surface area (Å²) in [5.41, 5.74) is 2.42. The zero-order valence-corrected chi connectivity index (χ0v) is 21.7. The number of carbonyl (C=O) groups excluding carboxylic acids is 1. The van der Waals surface area contributed by atoms with Gasteiger partial charge in [-0.15, -0.1) is 13.2 Å². The third kappa shape index (κ3) is 4.77. The van der Waals surface area contributed by atoms with Crippen LogP contribution in [-0.2, 0) is 15.9 Å². The number of fused-ring (bicyclic) bond motifs is 5. The molecule has 0 aromatic heterocycles. The summed E-state index contributed by atoms with van der Waals surface area (Å²) in [5.74, 6) is 1.58. The van der Waals surface area contributed by atoms with Crippen LogP contribution in [0.2, 0.25) is 0 Å². The number of likely N-dealkylation sites (tertiary alicyclic amines) is 1. The Bertz CT molecular complexity index is 1010. The number of alkyl halides is 3. The summed E-state index contributed by atoms with van der Waals surface area (Å²) < 4.78 is 55.0. The molecule has 204 valence electrons. The van der Waals surface area contributed by atoms with Crippen LogP contribution < -0.4 is 4.74 Å². The molecule has 3 aliphatic carbocycles. The molecule has 6 rings (SSSR count).